The van der Waals surface area contributed by atoms with E-state index in [2.05, 4.69) is 10.1 Å². The van der Waals surface area contributed by atoms with Crippen LogP contribution in [0.3, 0.4) is 0 Å². The van der Waals surface area contributed by atoms with Gasteiger partial charge in [-0.25, -0.2) is 4.79 Å². The molecule has 0 aliphatic carbocycles. The lowest BCUT2D eigenvalue weighted by atomic mass is 9.96. The second-order valence-corrected chi connectivity index (χ2v) is 5.37. The van der Waals surface area contributed by atoms with E-state index in [0.29, 0.717) is 24.9 Å². The monoisotopic (exact) mass is 292 g/mol. The maximum atomic E-state index is 12.0. The van der Waals surface area contributed by atoms with Gasteiger partial charge in [0.15, 0.2) is 0 Å². The summed E-state index contributed by atoms with van der Waals surface area (Å²) in [4.78, 5) is 23.4. The van der Waals surface area contributed by atoms with Crippen LogP contribution in [0, 0.1) is 0 Å². The predicted molar refractivity (Wildman–Crippen MR) is 82.0 cm³/mol. The zero-order chi connectivity index (χ0) is 15.9. The first-order valence-corrected chi connectivity index (χ1v) is 7.15. The van der Waals surface area contributed by atoms with Gasteiger partial charge in [-0.3, -0.25) is 4.79 Å². The summed E-state index contributed by atoms with van der Waals surface area (Å²) in [6.45, 7) is 4.22. The van der Waals surface area contributed by atoms with Crippen LogP contribution >= 0.6 is 0 Å². The molecule has 5 heteroatoms. The van der Waals surface area contributed by atoms with Gasteiger partial charge in [0.2, 0.25) is 5.91 Å². The Morgan fingerprint density at radius 1 is 1.38 bits per heavy atom. The Morgan fingerprint density at radius 2 is 2.10 bits per heavy atom. The van der Waals surface area contributed by atoms with Gasteiger partial charge >= 0.3 is 5.97 Å². The van der Waals surface area contributed by atoms with E-state index >= 15 is 0 Å². The molecule has 1 aromatic rings. The van der Waals surface area contributed by atoms with E-state index in [0.717, 1.165) is 12.0 Å². The molecule has 0 aliphatic rings. The van der Waals surface area contributed by atoms with Crippen molar-refractivity contribution in [2.24, 2.45) is 5.73 Å². The van der Waals surface area contributed by atoms with Gasteiger partial charge in [0.05, 0.1) is 18.2 Å². The highest BCUT2D eigenvalue weighted by Gasteiger charge is 2.26. The first kappa shape index (κ1) is 17.2. The Labute approximate surface area is 125 Å². The Bertz CT molecular complexity index is 498. The number of methoxy groups -OCH3 is 1. The number of benzene rings is 1. The lowest BCUT2D eigenvalue weighted by Gasteiger charge is -2.22. The minimum absolute atomic E-state index is 0.145. The number of carbonyl (C=O) groups is 2. The summed E-state index contributed by atoms with van der Waals surface area (Å²) in [7, 11) is 1.35. The molecule has 1 amide bonds. The summed E-state index contributed by atoms with van der Waals surface area (Å²) in [6, 6.07) is 7.18. The van der Waals surface area contributed by atoms with Crippen LogP contribution in [0.4, 0.5) is 0 Å². The van der Waals surface area contributed by atoms with E-state index in [1.165, 1.54) is 7.11 Å². The molecule has 0 spiro atoms. The van der Waals surface area contributed by atoms with Crippen LogP contribution in [0.25, 0.3) is 0 Å². The Hall–Kier alpha value is -1.88. The summed E-state index contributed by atoms with van der Waals surface area (Å²) in [5, 5.41) is 2.84. The van der Waals surface area contributed by atoms with Crippen molar-refractivity contribution in [2.75, 3.05) is 13.7 Å². The predicted octanol–water partition coefficient (Wildman–Crippen LogP) is 1.65. The zero-order valence-electron chi connectivity index (χ0n) is 12.9. The van der Waals surface area contributed by atoms with Crippen molar-refractivity contribution < 1.29 is 14.3 Å². The van der Waals surface area contributed by atoms with Crippen molar-refractivity contribution in [3.05, 3.63) is 35.4 Å². The number of amides is 1. The highest BCUT2D eigenvalue weighted by atomic mass is 16.5. The van der Waals surface area contributed by atoms with Crippen LogP contribution in [0.2, 0.25) is 0 Å². The third-order valence-corrected chi connectivity index (χ3v) is 3.34. The van der Waals surface area contributed by atoms with Crippen LogP contribution in [0.5, 0.6) is 0 Å². The highest BCUT2D eigenvalue weighted by Crippen LogP contribution is 2.09. The third kappa shape index (κ3) is 5.19. The lowest BCUT2D eigenvalue weighted by Crippen LogP contribution is -2.51. The largest absolute Gasteiger partial charge is 0.465 e. The zero-order valence-corrected chi connectivity index (χ0v) is 12.9. The third-order valence-electron chi connectivity index (χ3n) is 3.34. The SMILES string of the molecule is CCCC(C)(N)C(=O)NCCc1cccc(C(=O)OC)c1. The molecule has 0 fully saturated rings. The summed E-state index contributed by atoms with van der Waals surface area (Å²) < 4.78 is 4.68. The number of esters is 1. The lowest BCUT2D eigenvalue weighted by molar-refractivity contribution is -0.126. The van der Waals surface area contributed by atoms with Gasteiger partial charge in [-0.2, -0.15) is 0 Å². The number of rotatable bonds is 7. The molecule has 0 heterocycles. The van der Waals surface area contributed by atoms with Crippen molar-refractivity contribution in [3.8, 4) is 0 Å². The molecule has 1 aromatic carbocycles. The molecule has 0 aliphatic heterocycles. The Morgan fingerprint density at radius 3 is 2.71 bits per heavy atom. The van der Waals surface area contributed by atoms with Gasteiger partial charge < -0.3 is 15.8 Å². The van der Waals surface area contributed by atoms with Crippen LogP contribution in [0.1, 0.15) is 42.6 Å². The van der Waals surface area contributed by atoms with Crippen LogP contribution in [-0.4, -0.2) is 31.1 Å². The van der Waals surface area contributed by atoms with Crippen LogP contribution < -0.4 is 11.1 Å². The summed E-state index contributed by atoms with van der Waals surface area (Å²) in [5.41, 5.74) is 6.60. The van der Waals surface area contributed by atoms with Crippen molar-refractivity contribution in [1.29, 1.82) is 0 Å². The number of hydrogen-bond donors (Lipinski definition) is 2. The quantitative estimate of drug-likeness (QED) is 0.749. The molecule has 0 aromatic heterocycles. The van der Waals surface area contributed by atoms with Crippen molar-refractivity contribution in [3.63, 3.8) is 0 Å². The smallest absolute Gasteiger partial charge is 0.337 e. The van der Waals surface area contributed by atoms with E-state index in [1.54, 1.807) is 25.1 Å². The first-order valence-electron chi connectivity index (χ1n) is 7.15. The van der Waals surface area contributed by atoms with Gasteiger partial charge in [-0.15, -0.1) is 0 Å². The standard InChI is InChI=1S/C16H24N2O3/c1-4-9-16(2,17)15(20)18-10-8-12-6-5-7-13(11-12)14(19)21-3/h5-7,11H,4,8-10,17H2,1-3H3,(H,18,20). The molecule has 5 nitrogen and oxygen atoms in total. The van der Waals surface area contributed by atoms with Gasteiger partial charge in [-0.05, 0) is 37.5 Å². The number of hydrogen-bond acceptors (Lipinski definition) is 4. The molecule has 1 unspecified atom stereocenters. The summed E-state index contributed by atoms with van der Waals surface area (Å²) >= 11 is 0. The van der Waals surface area contributed by atoms with Crippen LogP contribution in [0.15, 0.2) is 24.3 Å². The van der Waals surface area contributed by atoms with Gasteiger partial charge in [-0.1, -0.05) is 25.5 Å². The summed E-state index contributed by atoms with van der Waals surface area (Å²) in [5.74, 6) is -0.508. The Balaban J connectivity index is 2.53. The molecule has 21 heavy (non-hydrogen) atoms. The van der Waals surface area contributed by atoms with Gasteiger partial charge in [0.25, 0.3) is 0 Å². The highest BCUT2D eigenvalue weighted by molar-refractivity contribution is 5.89. The summed E-state index contributed by atoms with van der Waals surface area (Å²) in [6.07, 6.45) is 2.15. The maximum absolute atomic E-state index is 12.0. The fourth-order valence-electron chi connectivity index (χ4n) is 2.13. The number of carbonyl (C=O) groups excluding carboxylic acids is 2. The number of nitrogens with one attached hydrogen (secondary N) is 1. The normalized spacial score (nSPS) is 13.3. The van der Waals surface area contributed by atoms with E-state index in [-0.39, 0.29) is 11.9 Å². The molecule has 0 saturated heterocycles. The van der Waals surface area contributed by atoms with Crippen LogP contribution in [-0.2, 0) is 16.0 Å². The topological polar surface area (TPSA) is 81.4 Å². The fraction of sp³-hybridized carbons (Fsp3) is 0.500. The molecule has 0 saturated carbocycles. The number of nitrogens with two attached hydrogens (primary N) is 1. The molecule has 1 rings (SSSR count). The molecule has 116 valence electrons. The van der Waals surface area contributed by atoms with E-state index in [4.69, 9.17) is 5.73 Å². The van der Waals surface area contributed by atoms with Crippen molar-refractivity contribution in [2.45, 2.75) is 38.6 Å². The minimum Gasteiger partial charge on any atom is -0.465 e. The average molecular weight is 292 g/mol. The van der Waals surface area contributed by atoms with E-state index < -0.39 is 5.54 Å². The van der Waals surface area contributed by atoms with Crippen molar-refractivity contribution >= 4 is 11.9 Å². The fourth-order valence-corrected chi connectivity index (χ4v) is 2.13. The van der Waals surface area contributed by atoms with E-state index in [9.17, 15) is 9.59 Å². The number of ether oxygens (including phenoxy) is 1. The second kappa shape index (κ2) is 7.78. The molecule has 0 radical (unpaired) electrons. The second-order valence-electron chi connectivity index (χ2n) is 5.37. The van der Waals surface area contributed by atoms with Crippen molar-refractivity contribution in [1.82, 2.24) is 5.32 Å². The minimum atomic E-state index is -0.831. The average Bonchev–Trinajstić information content (AvgIpc) is 2.46. The molecule has 3 N–H and O–H groups in total. The molecular formula is C16H24N2O3. The molecule has 1 atom stereocenters. The maximum Gasteiger partial charge on any atom is 0.337 e. The Kier molecular flexibility index (Phi) is 6.37. The first-order chi connectivity index (χ1) is 9.90. The van der Waals surface area contributed by atoms with Gasteiger partial charge in [0, 0.05) is 6.54 Å². The molecular weight excluding hydrogens is 268 g/mol. The van der Waals surface area contributed by atoms with E-state index in [1.807, 2.05) is 13.0 Å². The molecule has 0 bridgehead atoms. The van der Waals surface area contributed by atoms with Gasteiger partial charge in [0.1, 0.15) is 0 Å².